The van der Waals surface area contributed by atoms with E-state index in [1.807, 2.05) is 10.8 Å². The summed E-state index contributed by atoms with van der Waals surface area (Å²) < 4.78 is 30.7. The molecule has 3 aromatic rings. The zero-order valence-corrected chi connectivity index (χ0v) is 21.5. The van der Waals surface area contributed by atoms with Gasteiger partial charge in [0.1, 0.15) is 17.0 Å². The van der Waals surface area contributed by atoms with Crippen LogP contribution in [0.25, 0.3) is 0 Å². The fourth-order valence-corrected chi connectivity index (χ4v) is 6.51. The number of benzene rings is 3. The van der Waals surface area contributed by atoms with Gasteiger partial charge < -0.3 is 0 Å². The lowest BCUT2D eigenvalue weighted by Gasteiger charge is -2.01. The Morgan fingerprint density at radius 1 is 0.778 bits per heavy atom. The van der Waals surface area contributed by atoms with Gasteiger partial charge in [-0.1, -0.05) is 35.4 Å². The minimum absolute atomic E-state index is 0.204. The van der Waals surface area contributed by atoms with Crippen LogP contribution in [0.3, 0.4) is 0 Å². The van der Waals surface area contributed by atoms with Gasteiger partial charge in [0.25, 0.3) is 5.69 Å². The van der Waals surface area contributed by atoms with E-state index < -0.39 is 46.8 Å². The monoisotopic (exact) mass is 554 g/mol. The summed E-state index contributed by atoms with van der Waals surface area (Å²) in [6, 6.07) is 18.0. The van der Waals surface area contributed by atoms with Crippen molar-refractivity contribution in [2.75, 3.05) is 6.26 Å². The first-order valence-electron chi connectivity index (χ1n) is 9.77. The average Bonchev–Trinajstić information content (AvgIpc) is 2.79. The van der Waals surface area contributed by atoms with Crippen molar-refractivity contribution < 1.29 is 27.7 Å². The Morgan fingerprint density at radius 2 is 1.19 bits per heavy atom. The van der Waals surface area contributed by atoms with E-state index in [0.717, 1.165) is 0 Å². The molecule has 3 aromatic carbocycles. The number of nitro groups is 3. The molecule has 1 unspecified atom stereocenters. The molecule has 36 heavy (non-hydrogen) atoms. The first-order valence-corrected chi connectivity index (χ1v) is 14.2. The molecule has 12 nitrogen and oxygen atoms in total. The van der Waals surface area contributed by atoms with Crippen LogP contribution in [0.2, 0.25) is 0 Å². The summed E-state index contributed by atoms with van der Waals surface area (Å²) in [7, 11) is -3.15. The molecule has 15 heteroatoms. The van der Waals surface area contributed by atoms with Gasteiger partial charge in [-0.15, -0.1) is 0 Å². The lowest BCUT2D eigenvalue weighted by atomic mass is 10.2. The minimum Gasteiger partial charge on any atom is -0.281 e. The Hall–Kier alpha value is -3.53. The molecule has 0 fully saturated rings. The number of hydrogen-bond acceptors (Lipinski definition) is 9. The maximum Gasteiger partial charge on any atom is 0.308 e. The molecule has 0 radical (unpaired) electrons. The molecule has 0 saturated carbocycles. The number of rotatable bonds is 7. The first-order chi connectivity index (χ1) is 16.7. The second-order valence-corrected chi connectivity index (χ2v) is 12.6. The quantitative estimate of drug-likeness (QED) is 0.132. The summed E-state index contributed by atoms with van der Waals surface area (Å²) in [4.78, 5) is 28.9. The molecule has 0 spiro atoms. The predicted molar refractivity (Wildman–Crippen MR) is 136 cm³/mol. The van der Waals surface area contributed by atoms with Gasteiger partial charge in [-0.2, -0.15) is 8.42 Å². The molecule has 0 amide bonds. The van der Waals surface area contributed by atoms with E-state index in [1.54, 1.807) is 0 Å². The molecule has 0 aliphatic rings. The molecule has 0 saturated heterocycles. The summed E-state index contributed by atoms with van der Waals surface area (Å²) in [6.07, 6.45) is 2.29. The van der Waals surface area contributed by atoms with E-state index in [0.29, 0.717) is 0 Å². The van der Waals surface area contributed by atoms with Crippen molar-refractivity contribution in [2.45, 2.75) is 28.5 Å². The van der Waals surface area contributed by atoms with Crippen LogP contribution < -0.4 is 0 Å². The molecule has 1 N–H and O–H groups in total. The van der Waals surface area contributed by atoms with Crippen molar-refractivity contribution in [1.82, 2.24) is 0 Å². The molecule has 0 aliphatic carbocycles. The minimum atomic E-state index is -5.30. The van der Waals surface area contributed by atoms with Gasteiger partial charge in [-0.25, -0.2) is 0 Å². The second kappa shape index (κ2) is 11.9. The molecular weight excluding hydrogens is 534 g/mol. The van der Waals surface area contributed by atoms with Crippen molar-refractivity contribution in [2.24, 2.45) is 0 Å². The molecular formula is C21H20N3O9S3+. The number of non-ortho nitro benzene ring substituents is 1. The highest BCUT2D eigenvalue weighted by atomic mass is 33.1. The Kier molecular flexibility index (Phi) is 9.52. The van der Waals surface area contributed by atoms with Gasteiger partial charge in [-0.3, -0.25) is 34.9 Å². The molecule has 1 atom stereocenters. The predicted octanol–water partition coefficient (Wildman–Crippen LogP) is 5.28. The Labute approximate surface area is 212 Å². The third-order valence-electron chi connectivity index (χ3n) is 4.49. The second-order valence-electron chi connectivity index (χ2n) is 7.22. The average molecular weight is 555 g/mol. The smallest absolute Gasteiger partial charge is 0.281 e. The number of aryl methyl sites for hydroxylation is 2. The fraction of sp³-hybridized carbons (Fsp3) is 0.143. The topological polar surface area (TPSA) is 184 Å². The van der Waals surface area contributed by atoms with E-state index in [2.05, 4.69) is 68.6 Å². The summed E-state index contributed by atoms with van der Waals surface area (Å²) in [5, 5.41) is 31.7. The largest absolute Gasteiger partial charge is 0.308 e. The number of nitrogens with zero attached hydrogens (tertiary/aromatic N) is 3. The van der Waals surface area contributed by atoms with Crippen LogP contribution in [-0.2, 0) is 20.0 Å². The molecule has 0 bridgehead atoms. The summed E-state index contributed by atoms with van der Waals surface area (Å²) in [5.74, 6) is 0. The van der Waals surface area contributed by atoms with Crippen LogP contribution in [-0.4, -0.2) is 34.0 Å². The van der Waals surface area contributed by atoms with Gasteiger partial charge in [0.2, 0.25) is 4.90 Å². The lowest BCUT2D eigenvalue weighted by molar-refractivity contribution is -0.407. The van der Waals surface area contributed by atoms with Crippen LogP contribution in [0.15, 0.2) is 75.4 Å². The summed E-state index contributed by atoms with van der Waals surface area (Å²) in [6.45, 7) is 4.25. The molecule has 3 rings (SSSR count). The number of nitro benzene ring substituents is 3. The zero-order chi connectivity index (χ0) is 27.2. The van der Waals surface area contributed by atoms with Crippen LogP contribution >= 0.6 is 10.8 Å². The van der Waals surface area contributed by atoms with Crippen molar-refractivity contribution in [3.05, 3.63) is 102 Å². The van der Waals surface area contributed by atoms with Gasteiger partial charge in [0.05, 0.1) is 41.7 Å². The highest BCUT2D eigenvalue weighted by Gasteiger charge is 2.37. The Bertz CT molecular complexity index is 1360. The normalized spacial score (nSPS) is 11.7. The van der Waals surface area contributed by atoms with E-state index in [4.69, 9.17) is 4.55 Å². The van der Waals surface area contributed by atoms with Crippen molar-refractivity contribution in [1.29, 1.82) is 0 Å². The third-order valence-corrected chi connectivity index (χ3v) is 8.98. The lowest BCUT2D eigenvalue weighted by Crippen LogP contribution is -2.08. The van der Waals surface area contributed by atoms with Gasteiger partial charge in [0.15, 0.2) is 4.90 Å². The maximum atomic E-state index is 10.9. The Morgan fingerprint density at radius 3 is 1.56 bits per heavy atom. The maximum absolute atomic E-state index is 10.9. The van der Waals surface area contributed by atoms with Crippen LogP contribution in [0.5, 0.6) is 0 Å². The molecule has 0 aliphatic heterocycles. The van der Waals surface area contributed by atoms with E-state index in [-0.39, 0.29) is 22.1 Å². The summed E-state index contributed by atoms with van der Waals surface area (Å²) >= 11 is 0. The fourth-order valence-electron chi connectivity index (χ4n) is 2.74. The van der Waals surface area contributed by atoms with Crippen molar-refractivity contribution >= 4 is 47.9 Å². The third kappa shape index (κ3) is 7.74. The van der Waals surface area contributed by atoms with Crippen LogP contribution in [0.1, 0.15) is 11.1 Å². The van der Waals surface area contributed by atoms with E-state index >= 15 is 0 Å². The number of hydrogen-bond donors (Lipinski definition) is 1. The van der Waals surface area contributed by atoms with E-state index in [1.165, 1.54) is 20.9 Å². The van der Waals surface area contributed by atoms with Gasteiger partial charge in [0, 0.05) is 0 Å². The van der Waals surface area contributed by atoms with E-state index in [9.17, 15) is 38.8 Å². The zero-order valence-electron chi connectivity index (χ0n) is 19.1. The highest BCUT2D eigenvalue weighted by molar-refractivity contribution is 8.74. The van der Waals surface area contributed by atoms with Crippen molar-refractivity contribution in [3.8, 4) is 0 Å². The first kappa shape index (κ1) is 28.7. The molecule has 0 aromatic heterocycles. The molecule has 190 valence electrons. The van der Waals surface area contributed by atoms with Crippen LogP contribution in [0.4, 0.5) is 17.1 Å². The van der Waals surface area contributed by atoms with Crippen molar-refractivity contribution in [3.63, 3.8) is 0 Å². The van der Waals surface area contributed by atoms with Gasteiger partial charge >= 0.3 is 21.5 Å². The van der Waals surface area contributed by atoms with Crippen LogP contribution in [0, 0.1) is 44.2 Å². The standard InChI is InChI=1S/C15H17S2.C6H3N3O9S/c1-12-4-8-14(9-5-12)16-17(3)15-10-6-13(2)7-11-15;10-7(11)3-1-4(8(12)13)6(19(16,17)18)5(2-3)9(14)15/h4-11H,1-3H3;1-2H,(H,16,17,18)/q+1;. The Balaban J connectivity index is 0.000000255. The SMILES string of the molecule is Cc1ccc(S[S+](C)c2ccc(C)cc2)cc1.O=[N+]([O-])c1cc([N+](=O)[O-])c(S(=O)(=O)O)c([N+](=O)[O-])c1. The van der Waals surface area contributed by atoms with Gasteiger partial charge in [-0.05, 0) is 38.1 Å². The molecule has 0 heterocycles. The highest BCUT2D eigenvalue weighted by Crippen LogP contribution is 2.36. The summed E-state index contributed by atoms with van der Waals surface area (Å²) in [5.41, 5.74) is -1.32.